The number of ether oxygens (including phenoxy) is 3. The van der Waals surface area contributed by atoms with Crippen molar-refractivity contribution < 1.29 is 23.8 Å². The number of thioether (sulfide) groups is 1. The monoisotopic (exact) mass is 353 g/mol. The molecule has 1 heterocycles. The van der Waals surface area contributed by atoms with Crippen molar-refractivity contribution in [2.45, 2.75) is 31.0 Å². The van der Waals surface area contributed by atoms with Gasteiger partial charge < -0.3 is 19.1 Å². The number of nitrogens with zero attached hydrogens (tertiary/aromatic N) is 1. The third kappa shape index (κ3) is 4.64. The highest BCUT2D eigenvalue weighted by Gasteiger charge is 2.26. The van der Waals surface area contributed by atoms with Crippen LogP contribution in [0.1, 0.15) is 24.2 Å². The number of amides is 1. The number of hydrogen-bond donors (Lipinski definition) is 0. The number of benzene rings is 1. The summed E-state index contributed by atoms with van der Waals surface area (Å²) < 4.78 is 16.0. The van der Waals surface area contributed by atoms with E-state index in [2.05, 4.69) is 0 Å². The number of rotatable bonds is 5. The average Bonchev–Trinajstić information content (AvgIpc) is 2.57. The lowest BCUT2D eigenvalue weighted by Gasteiger charge is -2.35. The molecule has 1 amide bonds. The van der Waals surface area contributed by atoms with E-state index in [4.69, 9.17) is 14.2 Å². The summed E-state index contributed by atoms with van der Waals surface area (Å²) in [6.45, 7) is 4.56. The fourth-order valence-corrected chi connectivity index (χ4v) is 3.07. The second-order valence-corrected chi connectivity index (χ2v) is 6.58. The standard InChI is InChI=1S/C17H23NO5S/c1-11-8-18(9-12(2)23-11)16(19)10-22-17(20)14-6-5-13(24-4)7-15(14)21-3/h5-7,11-12H,8-10H2,1-4H3/t11-,12+. The first-order valence-electron chi connectivity index (χ1n) is 7.77. The van der Waals surface area contributed by atoms with Crippen LogP contribution in [0.15, 0.2) is 23.1 Å². The van der Waals surface area contributed by atoms with E-state index in [1.807, 2.05) is 26.2 Å². The van der Waals surface area contributed by atoms with Gasteiger partial charge in [-0.2, -0.15) is 0 Å². The number of methoxy groups -OCH3 is 1. The Labute approximate surface area is 146 Å². The molecule has 132 valence electrons. The molecule has 0 N–H and O–H groups in total. The maximum absolute atomic E-state index is 12.2. The van der Waals surface area contributed by atoms with Crippen LogP contribution in [0.2, 0.25) is 0 Å². The lowest BCUT2D eigenvalue weighted by atomic mass is 10.2. The molecular weight excluding hydrogens is 330 g/mol. The van der Waals surface area contributed by atoms with Gasteiger partial charge in [0.05, 0.1) is 19.3 Å². The summed E-state index contributed by atoms with van der Waals surface area (Å²) in [4.78, 5) is 27.1. The van der Waals surface area contributed by atoms with Crippen LogP contribution in [0.25, 0.3) is 0 Å². The second kappa shape index (κ2) is 8.39. The van der Waals surface area contributed by atoms with Crippen LogP contribution in [-0.4, -0.2) is 62.0 Å². The Bertz CT molecular complexity index is 597. The fraction of sp³-hybridized carbons (Fsp3) is 0.529. The predicted octanol–water partition coefficient (Wildman–Crippen LogP) is 2.21. The normalized spacial score (nSPS) is 20.6. The highest BCUT2D eigenvalue weighted by atomic mass is 32.2. The highest BCUT2D eigenvalue weighted by Crippen LogP contribution is 2.26. The Morgan fingerprint density at radius 3 is 2.54 bits per heavy atom. The van der Waals surface area contributed by atoms with Gasteiger partial charge >= 0.3 is 5.97 Å². The van der Waals surface area contributed by atoms with Gasteiger partial charge in [-0.25, -0.2) is 4.79 Å². The molecule has 1 aromatic carbocycles. The Balaban J connectivity index is 1.96. The van der Waals surface area contributed by atoms with Gasteiger partial charge in [0.25, 0.3) is 5.91 Å². The Kier molecular flexibility index (Phi) is 6.51. The lowest BCUT2D eigenvalue weighted by molar-refractivity contribution is -0.146. The van der Waals surface area contributed by atoms with Crippen LogP contribution in [0.4, 0.5) is 0 Å². The molecule has 2 rings (SSSR count). The van der Waals surface area contributed by atoms with Crippen molar-refractivity contribution in [3.63, 3.8) is 0 Å². The van der Waals surface area contributed by atoms with Crippen LogP contribution in [0.3, 0.4) is 0 Å². The minimum Gasteiger partial charge on any atom is -0.496 e. The number of hydrogen-bond acceptors (Lipinski definition) is 6. The van der Waals surface area contributed by atoms with E-state index >= 15 is 0 Å². The molecule has 1 saturated heterocycles. The first-order valence-corrected chi connectivity index (χ1v) is 8.99. The molecular formula is C17H23NO5S. The summed E-state index contributed by atoms with van der Waals surface area (Å²) >= 11 is 1.55. The van der Waals surface area contributed by atoms with Gasteiger partial charge in [-0.05, 0) is 38.3 Å². The quantitative estimate of drug-likeness (QED) is 0.597. The maximum atomic E-state index is 12.2. The average molecular weight is 353 g/mol. The summed E-state index contributed by atoms with van der Waals surface area (Å²) in [7, 11) is 1.50. The molecule has 7 heteroatoms. The van der Waals surface area contributed by atoms with E-state index in [-0.39, 0.29) is 24.7 Å². The van der Waals surface area contributed by atoms with Crippen molar-refractivity contribution in [2.24, 2.45) is 0 Å². The summed E-state index contributed by atoms with van der Waals surface area (Å²) in [6, 6.07) is 5.24. The predicted molar refractivity (Wildman–Crippen MR) is 91.6 cm³/mol. The van der Waals surface area contributed by atoms with Gasteiger partial charge in [0.15, 0.2) is 6.61 Å². The van der Waals surface area contributed by atoms with Gasteiger partial charge in [0.2, 0.25) is 0 Å². The van der Waals surface area contributed by atoms with Gasteiger partial charge in [0, 0.05) is 18.0 Å². The van der Waals surface area contributed by atoms with Crippen LogP contribution in [0.5, 0.6) is 5.75 Å². The Morgan fingerprint density at radius 1 is 1.29 bits per heavy atom. The molecule has 1 aromatic rings. The summed E-state index contributed by atoms with van der Waals surface area (Å²) in [6.07, 6.45) is 1.90. The largest absolute Gasteiger partial charge is 0.496 e. The molecule has 24 heavy (non-hydrogen) atoms. The molecule has 2 atom stereocenters. The molecule has 1 fully saturated rings. The lowest BCUT2D eigenvalue weighted by Crippen LogP contribution is -2.49. The van der Waals surface area contributed by atoms with E-state index in [1.165, 1.54) is 7.11 Å². The van der Waals surface area contributed by atoms with Crippen molar-refractivity contribution in [2.75, 3.05) is 33.1 Å². The zero-order valence-corrected chi connectivity index (χ0v) is 15.2. The van der Waals surface area contributed by atoms with Crippen molar-refractivity contribution in [3.8, 4) is 5.75 Å². The van der Waals surface area contributed by atoms with Crippen molar-refractivity contribution in [3.05, 3.63) is 23.8 Å². The zero-order valence-electron chi connectivity index (χ0n) is 14.4. The maximum Gasteiger partial charge on any atom is 0.342 e. The van der Waals surface area contributed by atoms with Crippen LogP contribution in [-0.2, 0) is 14.3 Å². The minimum atomic E-state index is -0.567. The topological polar surface area (TPSA) is 65.1 Å². The third-order valence-electron chi connectivity index (χ3n) is 3.73. The first-order chi connectivity index (χ1) is 11.4. The van der Waals surface area contributed by atoms with Crippen molar-refractivity contribution in [1.82, 2.24) is 4.90 Å². The van der Waals surface area contributed by atoms with E-state index in [0.717, 1.165) is 4.90 Å². The highest BCUT2D eigenvalue weighted by molar-refractivity contribution is 7.98. The number of morpholine rings is 1. The number of carbonyl (C=O) groups is 2. The molecule has 6 nitrogen and oxygen atoms in total. The fourth-order valence-electron chi connectivity index (χ4n) is 2.65. The first kappa shape index (κ1) is 18.6. The summed E-state index contributed by atoms with van der Waals surface area (Å²) in [5.41, 5.74) is 0.312. The summed E-state index contributed by atoms with van der Waals surface area (Å²) in [5.74, 6) is -0.347. The van der Waals surface area contributed by atoms with Gasteiger partial charge in [-0.3, -0.25) is 4.79 Å². The van der Waals surface area contributed by atoms with Crippen molar-refractivity contribution in [1.29, 1.82) is 0 Å². The van der Waals surface area contributed by atoms with E-state index in [9.17, 15) is 9.59 Å². The number of carbonyl (C=O) groups excluding carboxylic acids is 2. The van der Waals surface area contributed by atoms with Gasteiger partial charge in [0.1, 0.15) is 11.3 Å². The molecule has 0 aromatic heterocycles. The number of esters is 1. The minimum absolute atomic E-state index is 0.0208. The van der Waals surface area contributed by atoms with Crippen LogP contribution < -0.4 is 4.74 Å². The molecule has 0 bridgehead atoms. The van der Waals surface area contributed by atoms with Gasteiger partial charge in [-0.15, -0.1) is 11.8 Å². The van der Waals surface area contributed by atoms with E-state index < -0.39 is 5.97 Å². The molecule has 0 unspecified atom stereocenters. The van der Waals surface area contributed by atoms with E-state index in [1.54, 1.807) is 28.8 Å². The smallest absolute Gasteiger partial charge is 0.342 e. The second-order valence-electron chi connectivity index (χ2n) is 5.70. The molecule has 0 radical (unpaired) electrons. The Hall–Kier alpha value is -1.73. The zero-order chi connectivity index (χ0) is 17.7. The van der Waals surface area contributed by atoms with Gasteiger partial charge in [-0.1, -0.05) is 0 Å². The SMILES string of the molecule is COc1cc(SC)ccc1C(=O)OCC(=O)N1C[C@@H](C)O[C@@H](C)C1. The third-order valence-corrected chi connectivity index (χ3v) is 4.45. The molecule has 1 aliphatic heterocycles. The molecule has 1 aliphatic rings. The van der Waals surface area contributed by atoms with E-state index in [0.29, 0.717) is 24.4 Å². The van der Waals surface area contributed by atoms with Crippen LogP contribution >= 0.6 is 11.8 Å². The molecule has 0 spiro atoms. The molecule has 0 aliphatic carbocycles. The Morgan fingerprint density at radius 2 is 1.96 bits per heavy atom. The molecule has 0 saturated carbocycles. The van der Waals surface area contributed by atoms with Crippen LogP contribution in [0, 0.1) is 0 Å². The van der Waals surface area contributed by atoms with Crippen molar-refractivity contribution >= 4 is 23.6 Å². The summed E-state index contributed by atoms with van der Waals surface area (Å²) in [5, 5.41) is 0.